The molecule has 0 heterocycles. The predicted molar refractivity (Wildman–Crippen MR) is 101 cm³/mol. The van der Waals surface area contributed by atoms with Gasteiger partial charge in [-0.05, 0) is 54.8 Å². The standard InChI is InChI=1S/C21H25NO3/c1-4-15-24-18-13-9-17(10-14-18)22-21(23)20(6-3)25-19-11-7-16(5-2)8-12-19/h4,7-14,20H,1,5-6,15H2,2-3H3,(H,22,23)/t20-/m1/s1. The zero-order chi connectivity index (χ0) is 18.1. The van der Waals surface area contributed by atoms with Crippen LogP contribution in [0.4, 0.5) is 5.69 Å². The number of ether oxygens (including phenoxy) is 2. The predicted octanol–water partition coefficient (Wildman–Crippen LogP) is 4.61. The molecule has 0 radical (unpaired) electrons. The summed E-state index contributed by atoms with van der Waals surface area (Å²) in [4.78, 5) is 12.4. The monoisotopic (exact) mass is 339 g/mol. The van der Waals surface area contributed by atoms with Gasteiger partial charge < -0.3 is 14.8 Å². The van der Waals surface area contributed by atoms with Gasteiger partial charge in [0.2, 0.25) is 0 Å². The van der Waals surface area contributed by atoms with Gasteiger partial charge in [0, 0.05) is 5.69 Å². The number of nitrogens with one attached hydrogen (secondary N) is 1. The summed E-state index contributed by atoms with van der Waals surface area (Å²) in [6.07, 6.45) is 2.71. The van der Waals surface area contributed by atoms with Gasteiger partial charge in [0.1, 0.15) is 18.1 Å². The minimum Gasteiger partial charge on any atom is -0.490 e. The lowest BCUT2D eigenvalue weighted by Crippen LogP contribution is -2.32. The number of carbonyl (C=O) groups excluding carboxylic acids is 1. The Morgan fingerprint density at radius 2 is 1.72 bits per heavy atom. The summed E-state index contributed by atoms with van der Waals surface area (Å²) < 4.78 is 11.3. The zero-order valence-corrected chi connectivity index (χ0v) is 14.8. The molecule has 0 spiro atoms. The van der Waals surface area contributed by atoms with E-state index in [-0.39, 0.29) is 5.91 Å². The molecule has 4 heteroatoms. The van der Waals surface area contributed by atoms with Crippen molar-refractivity contribution < 1.29 is 14.3 Å². The van der Waals surface area contributed by atoms with E-state index in [1.165, 1.54) is 5.56 Å². The minimum atomic E-state index is -0.538. The van der Waals surface area contributed by atoms with Gasteiger partial charge in [0.05, 0.1) is 0 Å². The highest BCUT2D eigenvalue weighted by atomic mass is 16.5. The van der Waals surface area contributed by atoms with Gasteiger partial charge in [-0.1, -0.05) is 38.6 Å². The van der Waals surface area contributed by atoms with E-state index in [1.807, 2.05) is 43.3 Å². The normalized spacial score (nSPS) is 11.4. The molecule has 1 amide bonds. The molecule has 0 aliphatic heterocycles. The molecule has 0 saturated carbocycles. The topological polar surface area (TPSA) is 47.6 Å². The van der Waals surface area contributed by atoms with Gasteiger partial charge in [0.25, 0.3) is 5.91 Å². The lowest BCUT2D eigenvalue weighted by molar-refractivity contribution is -0.122. The first-order chi connectivity index (χ1) is 12.2. The second kappa shape index (κ2) is 9.52. The quantitative estimate of drug-likeness (QED) is 0.679. The van der Waals surface area contributed by atoms with E-state index >= 15 is 0 Å². The smallest absolute Gasteiger partial charge is 0.265 e. The Labute approximate surface area is 149 Å². The first-order valence-corrected chi connectivity index (χ1v) is 8.56. The van der Waals surface area contributed by atoms with Crippen LogP contribution in [-0.2, 0) is 11.2 Å². The number of anilines is 1. The lowest BCUT2D eigenvalue weighted by Gasteiger charge is -2.17. The third-order valence-corrected chi connectivity index (χ3v) is 3.76. The van der Waals surface area contributed by atoms with Crippen molar-refractivity contribution in [3.05, 3.63) is 66.7 Å². The van der Waals surface area contributed by atoms with Gasteiger partial charge in [-0.2, -0.15) is 0 Å². The first-order valence-electron chi connectivity index (χ1n) is 8.56. The Kier molecular flexibility index (Phi) is 7.08. The molecule has 1 atom stereocenters. The number of carbonyl (C=O) groups is 1. The van der Waals surface area contributed by atoms with E-state index in [0.717, 1.165) is 12.2 Å². The van der Waals surface area contributed by atoms with E-state index in [4.69, 9.17) is 9.47 Å². The van der Waals surface area contributed by atoms with Crippen molar-refractivity contribution in [2.75, 3.05) is 11.9 Å². The summed E-state index contributed by atoms with van der Waals surface area (Å²) in [5, 5.41) is 2.88. The van der Waals surface area contributed by atoms with Crippen molar-refractivity contribution in [2.45, 2.75) is 32.8 Å². The number of hydrogen-bond acceptors (Lipinski definition) is 3. The number of benzene rings is 2. The second-order valence-corrected chi connectivity index (χ2v) is 5.63. The maximum Gasteiger partial charge on any atom is 0.265 e. The summed E-state index contributed by atoms with van der Waals surface area (Å²) in [6.45, 7) is 8.09. The van der Waals surface area contributed by atoms with E-state index in [0.29, 0.717) is 24.5 Å². The number of hydrogen-bond donors (Lipinski definition) is 1. The van der Waals surface area contributed by atoms with E-state index < -0.39 is 6.10 Å². The van der Waals surface area contributed by atoms with Crippen molar-refractivity contribution in [1.29, 1.82) is 0 Å². The highest BCUT2D eigenvalue weighted by Crippen LogP contribution is 2.18. The second-order valence-electron chi connectivity index (χ2n) is 5.63. The molecular formula is C21H25NO3. The van der Waals surface area contributed by atoms with Gasteiger partial charge >= 0.3 is 0 Å². The van der Waals surface area contributed by atoms with Crippen molar-refractivity contribution in [3.8, 4) is 11.5 Å². The van der Waals surface area contributed by atoms with Gasteiger partial charge in [-0.15, -0.1) is 0 Å². The molecule has 1 N–H and O–H groups in total. The molecule has 0 bridgehead atoms. The van der Waals surface area contributed by atoms with E-state index in [2.05, 4.69) is 18.8 Å². The molecule has 0 fully saturated rings. The lowest BCUT2D eigenvalue weighted by atomic mass is 10.1. The Bertz CT molecular complexity index is 677. The van der Waals surface area contributed by atoms with E-state index in [9.17, 15) is 4.79 Å². The third-order valence-electron chi connectivity index (χ3n) is 3.76. The van der Waals surface area contributed by atoms with Crippen LogP contribution in [0, 0.1) is 0 Å². The highest BCUT2D eigenvalue weighted by Gasteiger charge is 2.18. The summed E-state index contributed by atoms with van der Waals surface area (Å²) in [7, 11) is 0. The molecule has 2 rings (SSSR count). The number of aryl methyl sites for hydroxylation is 1. The largest absolute Gasteiger partial charge is 0.490 e. The average molecular weight is 339 g/mol. The maximum absolute atomic E-state index is 12.4. The highest BCUT2D eigenvalue weighted by molar-refractivity contribution is 5.94. The first kappa shape index (κ1) is 18.6. The SMILES string of the molecule is C=CCOc1ccc(NC(=O)[C@@H](CC)Oc2ccc(CC)cc2)cc1. The van der Waals surface area contributed by atoms with Crippen LogP contribution in [-0.4, -0.2) is 18.6 Å². The van der Waals surface area contributed by atoms with Crippen LogP contribution >= 0.6 is 0 Å². The summed E-state index contributed by atoms with van der Waals surface area (Å²) in [5.41, 5.74) is 1.95. The maximum atomic E-state index is 12.4. The van der Waals surface area contributed by atoms with Gasteiger partial charge in [0.15, 0.2) is 6.10 Å². The van der Waals surface area contributed by atoms with Crippen molar-refractivity contribution in [2.24, 2.45) is 0 Å². The fourth-order valence-corrected chi connectivity index (χ4v) is 2.30. The van der Waals surface area contributed by atoms with Crippen LogP contribution in [0.1, 0.15) is 25.8 Å². The van der Waals surface area contributed by atoms with Crippen LogP contribution in [0.3, 0.4) is 0 Å². The Hall–Kier alpha value is -2.75. The van der Waals surface area contributed by atoms with Crippen LogP contribution < -0.4 is 14.8 Å². The van der Waals surface area contributed by atoms with E-state index in [1.54, 1.807) is 18.2 Å². The summed E-state index contributed by atoms with van der Waals surface area (Å²) in [6, 6.07) is 15.1. The van der Waals surface area contributed by atoms with Crippen LogP contribution in [0.25, 0.3) is 0 Å². The fraction of sp³-hybridized carbons (Fsp3) is 0.286. The number of amides is 1. The molecule has 0 saturated heterocycles. The van der Waals surface area contributed by atoms with Crippen LogP contribution in [0.5, 0.6) is 11.5 Å². The molecule has 132 valence electrons. The molecule has 2 aromatic rings. The molecule has 0 aromatic heterocycles. The zero-order valence-electron chi connectivity index (χ0n) is 14.8. The van der Waals surface area contributed by atoms with Crippen LogP contribution in [0.15, 0.2) is 61.2 Å². The number of rotatable bonds is 9. The van der Waals surface area contributed by atoms with Crippen molar-refractivity contribution >= 4 is 11.6 Å². The third kappa shape index (κ3) is 5.68. The fourth-order valence-electron chi connectivity index (χ4n) is 2.30. The van der Waals surface area contributed by atoms with Crippen LogP contribution in [0.2, 0.25) is 0 Å². The Morgan fingerprint density at radius 3 is 2.28 bits per heavy atom. The Balaban J connectivity index is 1.95. The summed E-state index contributed by atoms with van der Waals surface area (Å²) >= 11 is 0. The van der Waals surface area contributed by atoms with Crippen molar-refractivity contribution in [3.63, 3.8) is 0 Å². The average Bonchev–Trinajstić information content (AvgIpc) is 2.66. The molecule has 0 aliphatic rings. The van der Waals surface area contributed by atoms with Gasteiger partial charge in [-0.25, -0.2) is 0 Å². The minimum absolute atomic E-state index is 0.165. The molecule has 0 unspecified atom stereocenters. The Morgan fingerprint density at radius 1 is 1.08 bits per heavy atom. The molecule has 0 aliphatic carbocycles. The molecular weight excluding hydrogens is 314 g/mol. The summed E-state index contributed by atoms with van der Waals surface area (Å²) in [5.74, 6) is 1.27. The van der Waals surface area contributed by atoms with Gasteiger partial charge in [-0.3, -0.25) is 4.79 Å². The molecule has 25 heavy (non-hydrogen) atoms. The molecule has 2 aromatic carbocycles. The molecule has 4 nitrogen and oxygen atoms in total. The van der Waals surface area contributed by atoms with Crippen molar-refractivity contribution in [1.82, 2.24) is 0 Å².